The van der Waals surface area contributed by atoms with E-state index in [1.54, 1.807) is 0 Å². The molecule has 3 N–H and O–H groups in total. The standard InChI is InChI=1S/C28H31ClF3N7O3/c1-3-38-8-10-39(11-9-38)14-18-4-5-19(12-21(18)28(30,31)32)36-27(40)37-20-6-7-23(22(29)13-20)42-26-24-25(33-16-34-26)35-17(2)15-41-24/h4-7,12-13,16-17H,3,8-11,14-15H2,1-2H3,(H,33,34,35)(H2,36,37,40). The van der Waals surface area contributed by atoms with Gasteiger partial charge in [-0.3, -0.25) is 4.90 Å². The van der Waals surface area contributed by atoms with Gasteiger partial charge in [-0.2, -0.15) is 18.2 Å². The van der Waals surface area contributed by atoms with Crippen LogP contribution in [0.25, 0.3) is 0 Å². The van der Waals surface area contributed by atoms with Crippen molar-refractivity contribution in [2.75, 3.05) is 55.3 Å². The zero-order valence-electron chi connectivity index (χ0n) is 23.1. The maximum atomic E-state index is 13.9. The molecule has 2 aliphatic heterocycles. The molecule has 0 bridgehead atoms. The fraction of sp³-hybridized carbons (Fsp3) is 0.393. The zero-order valence-corrected chi connectivity index (χ0v) is 23.8. The number of hydrogen-bond acceptors (Lipinski definition) is 8. The monoisotopic (exact) mass is 605 g/mol. The molecule has 1 saturated heterocycles. The molecule has 2 aromatic carbocycles. The number of halogens is 4. The van der Waals surface area contributed by atoms with Crippen molar-refractivity contribution >= 4 is 34.8 Å². The van der Waals surface area contributed by atoms with E-state index < -0.39 is 17.8 Å². The van der Waals surface area contributed by atoms with Crippen LogP contribution in [0.1, 0.15) is 25.0 Å². The maximum absolute atomic E-state index is 13.9. The molecule has 10 nitrogen and oxygen atoms in total. The molecular formula is C28H31ClF3N7O3. The average Bonchev–Trinajstić information content (AvgIpc) is 2.95. The first-order chi connectivity index (χ1) is 20.1. The topological polar surface area (TPSA) is 104 Å². The molecule has 3 heterocycles. The normalized spacial score (nSPS) is 17.5. The van der Waals surface area contributed by atoms with Crippen LogP contribution in [0.2, 0.25) is 5.02 Å². The Morgan fingerprint density at radius 2 is 1.79 bits per heavy atom. The summed E-state index contributed by atoms with van der Waals surface area (Å²) >= 11 is 6.39. The quantitative estimate of drug-likeness (QED) is 0.305. The molecule has 3 aromatic rings. The molecule has 42 heavy (non-hydrogen) atoms. The van der Waals surface area contributed by atoms with Crippen molar-refractivity contribution in [1.82, 2.24) is 19.8 Å². The molecule has 1 unspecified atom stereocenters. The van der Waals surface area contributed by atoms with E-state index in [1.807, 2.05) is 11.8 Å². The molecule has 0 saturated carbocycles. The van der Waals surface area contributed by atoms with E-state index in [2.05, 4.69) is 37.7 Å². The summed E-state index contributed by atoms with van der Waals surface area (Å²) in [5.74, 6) is 1.29. The number of ether oxygens (including phenoxy) is 2. The van der Waals surface area contributed by atoms with Gasteiger partial charge in [0, 0.05) is 44.1 Å². The van der Waals surface area contributed by atoms with Gasteiger partial charge >= 0.3 is 12.2 Å². The van der Waals surface area contributed by atoms with Crippen molar-refractivity contribution in [2.24, 2.45) is 0 Å². The van der Waals surface area contributed by atoms with E-state index in [0.29, 0.717) is 37.0 Å². The smallest absolute Gasteiger partial charge is 0.416 e. The van der Waals surface area contributed by atoms with Crippen molar-refractivity contribution in [3.8, 4) is 17.4 Å². The summed E-state index contributed by atoms with van der Waals surface area (Å²) in [5.41, 5.74) is -0.285. The molecule has 0 aliphatic carbocycles. The first-order valence-electron chi connectivity index (χ1n) is 13.5. The van der Waals surface area contributed by atoms with Crippen molar-refractivity contribution in [1.29, 1.82) is 0 Å². The minimum absolute atomic E-state index is 0.0156. The lowest BCUT2D eigenvalue weighted by molar-refractivity contribution is -0.138. The highest BCUT2D eigenvalue weighted by molar-refractivity contribution is 6.32. The van der Waals surface area contributed by atoms with Crippen molar-refractivity contribution in [3.05, 3.63) is 58.9 Å². The Labute approximate surface area is 246 Å². The molecule has 2 amide bonds. The molecule has 224 valence electrons. The molecular weight excluding hydrogens is 575 g/mol. The Balaban J connectivity index is 1.23. The average molecular weight is 606 g/mol. The summed E-state index contributed by atoms with van der Waals surface area (Å²) in [7, 11) is 0. The van der Waals surface area contributed by atoms with E-state index in [0.717, 1.165) is 25.7 Å². The van der Waals surface area contributed by atoms with Gasteiger partial charge in [-0.1, -0.05) is 24.6 Å². The highest BCUT2D eigenvalue weighted by Gasteiger charge is 2.34. The molecule has 2 aliphatic rings. The second kappa shape index (κ2) is 12.6. The summed E-state index contributed by atoms with van der Waals surface area (Å²) in [6, 6.07) is 7.71. The van der Waals surface area contributed by atoms with Crippen LogP contribution in [-0.2, 0) is 12.7 Å². The molecule has 0 radical (unpaired) electrons. The van der Waals surface area contributed by atoms with Gasteiger partial charge in [-0.15, -0.1) is 0 Å². The van der Waals surface area contributed by atoms with Gasteiger partial charge < -0.3 is 30.3 Å². The van der Waals surface area contributed by atoms with Crippen LogP contribution < -0.4 is 25.4 Å². The summed E-state index contributed by atoms with van der Waals surface area (Å²) in [6.45, 7) is 8.58. The van der Waals surface area contributed by atoms with Gasteiger partial charge in [0.15, 0.2) is 5.82 Å². The number of nitrogens with zero attached hydrogens (tertiary/aromatic N) is 4. The number of alkyl halides is 3. The second-order valence-corrected chi connectivity index (χ2v) is 10.5. The van der Waals surface area contributed by atoms with Crippen molar-refractivity contribution in [2.45, 2.75) is 32.6 Å². The summed E-state index contributed by atoms with van der Waals surface area (Å²) in [5, 5.41) is 8.40. The van der Waals surface area contributed by atoms with Crippen LogP contribution in [0.4, 0.5) is 35.2 Å². The van der Waals surface area contributed by atoms with Crippen LogP contribution in [0.3, 0.4) is 0 Å². The number of nitrogens with one attached hydrogen (secondary N) is 3. The Morgan fingerprint density at radius 1 is 1.10 bits per heavy atom. The summed E-state index contributed by atoms with van der Waals surface area (Å²) in [4.78, 5) is 25.2. The van der Waals surface area contributed by atoms with E-state index in [1.165, 1.54) is 36.7 Å². The van der Waals surface area contributed by atoms with Crippen LogP contribution in [-0.4, -0.2) is 71.2 Å². The van der Waals surface area contributed by atoms with Crippen LogP contribution in [0.15, 0.2) is 42.7 Å². The van der Waals surface area contributed by atoms with Gasteiger partial charge in [0.25, 0.3) is 5.88 Å². The van der Waals surface area contributed by atoms with Crippen LogP contribution in [0, 0.1) is 0 Å². The van der Waals surface area contributed by atoms with E-state index in [4.69, 9.17) is 21.1 Å². The molecule has 1 fully saturated rings. The van der Waals surface area contributed by atoms with Gasteiger partial charge in [0.2, 0.25) is 5.75 Å². The number of benzene rings is 2. The highest BCUT2D eigenvalue weighted by Crippen LogP contribution is 2.39. The minimum Gasteiger partial charge on any atom is -0.483 e. The summed E-state index contributed by atoms with van der Waals surface area (Å²) in [6.07, 6.45) is -3.23. The molecule has 1 aromatic heterocycles. The number of anilines is 3. The third-order valence-corrected chi connectivity index (χ3v) is 7.30. The van der Waals surface area contributed by atoms with Gasteiger partial charge in [0.1, 0.15) is 18.7 Å². The Kier molecular flexibility index (Phi) is 8.90. The third kappa shape index (κ3) is 7.15. The number of amides is 2. The second-order valence-electron chi connectivity index (χ2n) is 10.1. The Bertz CT molecular complexity index is 1430. The number of urea groups is 1. The lowest BCUT2D eigenvalue weighted by Crippen LogP contribution is -2.45. The number of carbonyl (C=O) groups excluding carboxylic acids is 1. The zero-order chi connectivity index (χ0) is 29.9. The predicted molar refractivity (Wildman–Crippen MR) is 154 cm³/mol. The lowest BCUT2D eigenvalue weighted by atomic mass is 10.0. The fourth-order valence-electron chi connectivity index (χ4n) is 4.77. The van der Waals surface area contributed by atoms with Gasteiger partial charge in [-0.25, -0.2) is 9.78 Å². The Hall–Kier alpha value is -3.81. The highest BCUT2D eigenvalue weighted by atomic mass is 35.5. The van der Waals surface area contributed by atoms with Crippen molar-refractivity contribution < 1.29 is 27.4 Å². The molecule has 14 heteroatoms. The van der Waals surface area contributed by atoms with Crippen molar-refractivity contribution in [3.63, 3.8) is 0 Å². The molecule has 1 atom stereocenters. The number of likely N-dealkylation sites (N-methyl/N-ethyl adjacent to an activating group) is 1. The van der Waals surface area contributed by atoms with Gasteiger partial charge in [-0.05, 0) is 49.4 Å². The first kappa shape index (κ1) is 29.7. The van der Waals surface area contributed by atoms with E-state index >= 15 is 0 Å². The maximum Gasteiger partial charge on any atom is 0.416 e. The molecule has 5 rings (SSSR count). The number of fused-ring (bicyclic) bond motifs is 1. The van der Waals surface area contributed by atoms with Crippen LogP contribution in [0.5, 0.6) is 17.4 Å². The van der Waals surface area contributed by atoms with Crippen LogP contribution >= 0.6 is 11.6 Å². The van der Waals surface area contributed by atoms with E-state index in [9.17, 15) is 18.0 Å². The lowest BCUT2D eigenvalue weighted by Gasteiger charge is -2.34. The largest absolute Gasteiger partial charge is 0.483 e. The number of carbonyl (C=O) groups is 1. The predicted octanol–water partition coefficient (Wildman–Crippen LogP) is 5.92. The SMILES string of the molecule is CCN1CCN(Cc2ccc(NC(=O)Nc3ccc(Oc4ncnc5c4OCC(C)N5)c(Cl)c3)cc2C(F)(F)F)CC1. The fourth-order valence-corrected chi connectivity index (χ4v) is 4.99. The van der Waals surface area contributed by atoms with Gasteiger partial charge in [0.05, 0.1) is 16.6 Å². The number of aromatic nitrogens is 2. The summed E-state index contributed by atoms with van der Waals surface area (Å²) < 4.78 is 53.3. The third-order valence-electron chi connectivity index (χ3n) is 7.01. The Morgan fingerprint density at radius 3 is 2.48 bits per heavy atom. The number of piperazine rings is 1. The minimum atomic E-state index is -4.57. The molecule has 0 spiro atoms. The van der Waals surface area contributed by atoms with E-state index in [-0.39, 0.29) is 40.5 Å². The number of rotatable bonds is 7. The first-order valence-corrected chi connectivity index (χ1v) is 13.9. The number of hydrogen-bond donors (Lipinski definition) is 3.